The molecule has 17 nitrogen and oxygen atoms in total. The number of likely N-dealkylation sites (tertiary alicyclic amines) is 1. The number of aryl methyl sites for hydroxylation is 3. The molecule has 3 aromatic carbocycles. The van der Waals surface area contributed by atoms with Crippen molar-refractivity contribution in [3.8, 4) is 5.75 Å². The van der Waals surface area contributed by atoms with Crippen LogP contribution < -0.4 is 20.7 Å². The van der Waals surface area contributed by atoms with E-state index in [9.17, 15) is 28.8 Å². The molecule has 6 heterocycles. The molecule has 60 heavy (non-hydrogen) atoms. The highest BCUT2D eigenvalue weighted by Crippen LogP contribution is 2.33. The number of hydrogen-bond acceptors (Lipinski definition) is 12. The smallest absolute Gasteiger partial charge is 0.262 e. The van der Waals surface area contributed by atoms with Crippen LogP contribution in [-0.4, -0.2) is 102 Å². The molecule has 17 heteroatoms. The van der Waals surface area contributed by atoms with E-state index in [0.717, 1.165) is 43.9 Å². The molecule has 2 unspecified atom stereocenters. The summed E-state index contributed by atoms with van der Waals surface area (Å²) in [5, 5.41) is 14.4. The number of piperidine rings is 1. The standard InChI is InChI=1S/C43H42N10O7/c1-23-6-4-7-24(2)36(23)47-37-31-20-44-43(48-38(31)50(3)49-37)45-27-10-9-25-15-17-51(21-26(25)18-27)42(59)33-8-5-16-52(33)35(55)22-60-28-11-12-29-30(19-28)41(58)53(40(29)57)32-13-14-34(54)46-39(32)56/h4,6-7,9-12,18-20,32-33H,5,8,13-17,21-22H2,1-3H3,(H,47,49)(H,44,45,48)(H,46,54,56). The van der Waals surface area contributed by atoms with Crippen molar-refractivity contribution in [2.24, 2.45) is 7.05 Å². The third-order valence-corrected chi connectivity index (χ3v) is 11.7. The highest BCUT2D eigenvalue weighted by molar-refractivity contribution is 6.23. The Balaban J connectivity index is 0.829. The van der Waals surface area contributed by atoms with Gasteiger partial charge in [-0.2, -0.15) is 10.1 Å². The van der Waals surface area contributed by atoms with Crippen LogP contribution >= 0.6 is 0 Å². The van der Waals surface area contributed by atoms with Gasteiger partial charge in [-0.25, -0.2) is 9.67 Å². The lowest BCUT2D eigenvalue weighted by Gasteiger charge is -2.34. The summed E-state index contributed by atoms with van der Waals surface area (Å²) in [6, 6.07) is 14.7. The molecule has 4 aliphatic heterocycles. The average Bonchev–Trinajstić information content (AvgIpc) is 3.92. The predicted molar refractivity (Wildman–Crippen MR) is 218 cm³/mol. The summed E-state index contributed by atoms with van der Waals surface area (Å²) < 4.78 is 7.52. The van der Waals surface area contributed by atoms with Crippen molar-refractivity contribution in [2.75, 3.05) is 30.3 Å². The van der Waals surface area contributed by atoms with E-state index in [1.165, 1.54) is 18.2 Å². The van der Waals surface area contributed by atoms with Gasteiger partial charge in [0.25, 0.3) is 17.7 Å². The van der Waals surface area contributed by atoms with Crippen LogP contribution in [0.5, 0.6) is 5.75 Å². The van der Waals surface area contributed by atoms with E-state index in [1.807, 2.05) is 57.3 Å². The van der Waals surface area contributed by atoms with Crippen LogP contribution in [0.1, 0.15) is 68.7 Å². The fraction of sp³-hybridized carbons (Fsp3) is 0.326. The second-order valence-electron chi connectivity index (χ2n) is 15.6. The van der Waals surface area contributed by atoms with Crippen LogP contribution in [0.3, 0.4) is 0 Å². The van der Waals surface area contributed by atoms with Gasteiger partial charge in [-0.3, -0.25) is 39.0 Å². The Hall–Kier alpha value is -7.17. The lowest BCUT2D eigenvalue weighted by atomic mass is 9.98. The molecule has 306 valence electrons. The molecule has 0 saturated carbocycles. The van der Waals surface area contributed by atoms with E-state index in [4.69, 9.17) is 9.72 Å². The number of ether oxygens (including phenoxy) is 1. The van der Waals surface area contributed by atoms with Gasteiger partial charge in [0, 0.05) is 50.7 Å². The number of nitrogens with one attached hydrogen (secondary N) is 3. The number of imide groups is 2. The molecule has 6 amide bonds. The highest BCUT2D eigenvalue weighted by Gasteiger charge is 2.45. The topological polar surface area (TPSA) is 201 Å². The van der Waals surface area contributed by atoms with E-state index in [2.05, 4.69) is 26.0 Å². The zero-order valence-electron chi connectivity index (χ0n) is 33.3. The molecule has 0 radical (unpaired) electrons. The van der Waals surface area contributed by atoms with Crippen molar-refractivity contribution in [1.29, 1.82) is 0 Å². The zero-order chi connectivity index (χ0) is 41.8. The number of nitrogens with zero attached hydrogens (tertiary/aromatic N) is 7. The van der Waals surface area contributed by atoms with Gasteiger partial charge in [0.2, 0.25) is 23.7 Å². The summed E-state index contributed by atoms with van der Waals surface area (Å²) in [5.74, 6) is -1.70. The first-order valence-electron chi connectivity index (χ1n) is 19.9. The number of hydrogen-bond donors (Lipinski definition) is 3. The third-order valence-electron chi connectivity index (χ3n) is 11.7. The molecule has 5 aromatic rings. The fourth-order valence-corrected chi connectivity index (χ4v) is 8.57. The van der Waals surface area contributed by atoms with Gasteiger partial charge in [-0.15, -0.1) is 0 Å². The number of aromatic nitrogens is 4. The second-order valence-corrected chi connectivity index (χ2v) is 15.6. The number of benzene rings is 3. The first-order chi connectivity index (χ1) is 28.9. The first kappa shape index (κ1) is 38.4. The third kappa shape index (κ3) is 6.94. The molecule has 0 bridgehead atoms. The number of anilines is 4. The molecule has 4 aliphatic rings. The summed E-state index contributed by atoms with van der Waals surface area (Å²) in [4.78, 5) is 91.5. The number of fused-ring (bicyclic) bond motifs is 3. The maximum Gasteiger partial charge on any atom is 0.262 e. The van der Waals surface area contributed by atoms with Crippen molar-refractivity contribution < 1.29 is 33.5 Å². The maximum atomic E-state index is 14.0. The van der Waals surface area contributed by atoms with E-state index >= 15 is 0 Å². The number of para-hydroxylation sites is 1. The normalized spacial score (nSPS) is 18.8. The van der Waals surface area contributed by atoms with E-state index in [1.54, 1.807) is 20.7 Å². The van der Waals surface area contributed by atoms with Crippen molar-refractivity contribution in [3.05, 3.63) is 94.2 Å². The molecule has 2 atom stereocenters. The minimum Gasteiger partial charge on any atom is -0.484 e. The number of carbonyl (C=O) groups is 6. The van der Waals surface area contributed by atoms with Crippen LogP contribution in [0.4, 0.5) is 23.1 Å². The summed E-state index contributed by atoms with van der Waals surface area (Å²) in [7, 11) is 1.84. The van der Waals surface area contributed by atoms with E-state index in [0.29, 0.717) is 56.3 Å². The summed E-state index contributed by atoms with van der Waals surface area (Å²) in [6.45, 7) is 5.02. The molecule has 9 rings (SSSR count). The minimum atomic E-state index is -1.09. The van der Waals surface area contributed by atoms with Crippen LogP contribution in [0, 0.1) is 13.8 Å². The Morgan fingerprint density at radius 1 is 0.900 bits per heavy atom. The van der Waals surface area contributed by atoms with E-state index in [-0.39, 0.29) is 48.1 Å². The molecule has 2 fully saturated rings. The van der Waals surface area contributed by atoms with Crippen molar-refractivity contribution in [1.82, 2.24) is 39.8 Å². The van der Waals surface area contributed by atoms with Gasteiger partial charge in [0.05, 0.1) is 16.5 Å². The minimum absolute atomic E-state index is 0.0140. The maximum absolute atomic E-state index is 14.0. The van der Waals surface area contributed by atoms with E-state index < -0.39 is 35.7 Å². The van der Waals surface area contributed by atoms with Crippen molar-refractivity contribution in [2.45, 2.75) is 64.6 Å². The lowest BCUT2D eigenvalue weighted by molar-refractivity contribution is -0.145. The molecule has 3 N–H and O–H groups in total. The lowest BCUT2D eigenvalue weighted by Crippen LogP contribution is -2.54. The van der Waals surface area contributed by atoms with Crippen LogP contribution in [0.15, 0.2) is 60.8 Å². The molecular formula is C43H42N10O7. The highest BCUT2D eigenvalue weighted by atomic mass is 16.5. The van der Waals surface area contributed by atoms with Gasteiger partial charge in [0.15, 0.2) is 18.1 Å². The van der Waals surface area contributed by atoms with Gasteiger partial charge >= 0.3 is 0 Å². The Morgan fingerprint density at radius 2 is 1.70 bits per heavy atom. The average molecular weight is 811 g/mol. The molecule has 2 aromatic heterocycles. The monoisotopic (exact) mass is 810 g/mol. The summed E-state index contributed by atoms with van der Waals surface area (Å²) >= 11 is 0. The van der Waals surface area contributed by atoms with Crippen LogP contribution in [-0.2, 0) is 39.2 Å². The van der Waals surface area contributed by atoms with Crippen molar-refractivity contribution >= 4 is 69.6 Å². The Morgan fingerprint density at radius 3 is 2.50 bits per heavy atom. The quantitative estimate of drug-likeness (QED) is 0.182. The molecule has 0 aliphatic carbocycles. The first-order valence-corrected chi connectivity index (χ1v) is 19.9. The second kappa shape index (κ2) is 15.2. The fourth-order valence-electron chi connectivity index (χ4n) is 8.57. The predicted octanol–water partition coefficient (Wildman–Crippen LogP) is 3.82. The number of rotatable bonds is 9. The number of amides is 6. The van der Waals surface area contributed by atoms with Gasteiger partial charge in [-0.1, -0.05) is 24.3 Å². The molecular weight excluding hydrogens is 769 g/mol. The molecule has 2 saturated heterocycles. The SMILES string of the molecule is Cc1cccc(C)c1Nc1nn(C)c2nc(Nc3ccc4c(c3)CN(C(=O)C3CCCN3C(=O)COc3ccc5c(c3)C(=O)N(C3CCC(=O)NC3=O)C5=O)CC4)ncc12. The number of carbonyl (C=O) groups excluding carboxylic acids is 6. The van der Waals surface area contributed by atoms with Gasteiger partial charge in [-0.05, 0) is 92.1 Å². The molecule has 0 spiro atoms. The Bertz CT molecular complexity index is 2640. The van der Waals surface area contributed by atoms with Crippen LogP contribution in [0.25, 0.3) is 11.0 Å². The summed E-state index contributed by atoms with van der Waals surface area (Å²) in [6.07, 6.45) is 3.66. The van der Waals surface area contributed by atoms with Gasteiger partial charge in [0.1, 0.15) is 17.8 Å². The zero-order valence-corrected chi connectivity index (χ0v) is 33.3. The Kier molecular flexibility index (Phi) is 9.72. The van der Waals surface area contributed by atoms with Crippen molar-refractivity contribution in [3.63, 3.8) is 0 Å². The summed E-state index contributed by atoms with van der Waals surface area (Å²) in [5.41, 5.74) is 6.93. The Labute approximate surface area is 344 Å². The largest absolute Gasteiger partial charge is 0.484 e. The van der Waals surface area contributed by atoms with Gasteiger partial charge < -0.3 is 25.2 Å². The van der Waals surface area contributed by atoms with Crippen LogP contribution in [0.2, 0.25) is 0 Å².